The average molecular weight is 436 g/mol. The second-order valence-electron chi connectivity index (χ2n) is 5.08. The number of anilines is 1. The lowest BCUT2D eigenvalue weighted by Gasteiger charge is -2.14. The maximum Gasteiger partial charge on any atom is 0.270 e. The Morgan fingerprint density at radius 3 is 2.48 bits per heavy atom. The number of amides is 1. The Hall–Kier alpha value is -1.83. The number of methoxy groups -OCH3 is 2. The Morgan fingerprint density at radius 2 is 1.84 bits per heavy atom. The lowest BCUT2D eigenvalue weighted by Crippen LogP contribution is -2.27. The molecule has 1 aliphatic rings. The number of benzene rings is 2. The molecule has 0 bridgehead atoms. The van der Waals surface area contributed by atoms with Gasteiger partial charge in [0.2, 0.25) is 0 Å². The van der Waals surface area contributed by atoms with Crippen molar-refractivity contribution in [3.63, 3.8) is 0 Å². The Morgan fingerprint density at radius 1 is 1.12 bits per heavy atom. The molecule has 0 radical (unpaired) electrons. The van der Waals surface area contributed by atoms with Crippen LogP contribution in [0.1, 0.15) is 5.56 Å². The molecule has 3 rings (SSSR count). The molecule has 0 atom stereocenters. The number of thioether (sulfide) groups is 1. The molecule has 2 aromatic rings. The number of halogens is 1. The van der Waals surface area contributed by atoms with E-state index in [2.05, 4.69) is 15.9 Å². The first-order valence-corrected chi connectivity index (χ1v) is 9.31. The first-order valence-electron chi connectivity index (χ1n) is 7.29. The Balaban J connectivity index is 1.97. The summed E-state index contributed by atoms with van der Waals surface area (Å²) in [5.74, 6) is 1.04. The van der Waals surface area contributed by atoms with Crippen molar-refractivity contribution in [1.82, 2.24) is 0 Å². The van der Waals surface area contributed by atoms with Gasteiger partial charge >= 0.3 is 0 Å². The number of hydrogen-bond donors (Lipinski definition) is 0. The number of hydrogen-bond acceptors (Lipinski definition) is 5. The first kappa shape index (κ1) is 18.0. The fraction of sp³-hybridized carbons (Fsp3) is 0.111. The molecule has 0 aliphatic carbocycles. The van der Waals surface area contributed by atoms with Crippen LogP contribution in [-0.2, 0) is 4.79 Å². The van der Waals surface area contributed by atoms with E-state index < -0.39 is 0 Å². The van der Waals surface area contributed by atoms with E-state index in [1.165, 1.54) is 16.7 Å². The lowest BCUT2D eigenvalue weighted by molar-refractivity contribution is -0.113. The highest BCUT2D eigenvalue weighted by molar-refractivity contribution is 9.10. The molecule has 0 spiro atoms. The van der Waals surface area contributed by atoms with E-state index in [0.29, 0.717) is 20.7 Å². The van der Waals surface area contributed by atoms with Crippen LogP contribution < -0.4 is 14.4 Å². The van der Waals surface area contributed by atoms with Crippen LogP contribution in [0.4, 0.5) is 5.69 Å². The van der Waals surface area contributed by atoms with Crippen molar-refractivity contribution in [3.8, 4) is 11.5 Å². The number of carbonyl (C=O) groups excluding carboxylic acids is 1. The molecule has 1 heterocycles. The van der Waals surface area contributed by atoms with Gasteiger partial charge in [0, 0.05) is 10.0 Å². The van der Waals surface area contributed by atoms with Crippen molar-refractivity contribution in [2.45, 2.75) is 0 Å². The molecule has 0 unspecified atom stereocenters. The zero-order chi connectivity index (χ0) is 18.0. The third-order valence-electron chi connectivity index (χ3n) is 3.60. The number of nitrogens with zero attached hydrogens (tertiary/aromatic N) is 1. The number of carbonyl (C=O) groups is 1. The van der Waals surface area contributed by atoms with E-state index >= 15 is 0 Å². The van der Waals surface area contributed by atoms with Crippen molar-refractivity contribution in [1.29, 1.82) is 0 Å². The van der Waals surface area contributed by atoms with Crippen LogP contribution >= 0.6 is 39.9 Å². The van der Waals surface area contributed by atoms with Gasteiger partial charge in [0.05, 0.1) is 24.8 Å². The van der Waals surface area contributed by atoms with Gasteiger partial charge in [-0.05, 0) is 36.4 Å². The number of thiocarbonyl (C=S) groups is 1. The van der Waals surface area contributed by atoms with E-state index in [1.54, 1.807) is 20.3 Å². The summed E-state index contributed by atoms with van der Waals surface area (Å²) in [5.41, 5.74) is 1.50. The topological polar surface area (TPSA) is 38.8 Å². The van der Waals surface area contributed by atoms with Crippen molar-refractivity contribution >= 4 is 61.9 Å². The average Bonchev–Trinajstić information content (AvgIpc) is 2.89. The fourth-order valence-corrected chi connectivity index (χ4v) is 4.00. The second-order valence-corrected chi connectivity index (χ2v) is 7.67. The van der Waals surface area contributed by atoms with Crippen LogP contribution in [0, 0.1) is 0 Å². The van der Waals surface area contributed by atoms with Gasteiger partial charge in [0.25, 0.3) is 5.91 Å². The minimum Gasteiger partial charge on any atom is -0.493 e. The van der Waals surface area contributed by atoms with Crippen LogP contribution in [0.25, 0.3) is 6.08 Å². The van der Waals surface area contributed by atoms with Gasteiger partial charge in [-0.1, -0.05) is 52.0 Å². The molecule has 25 heavy (non-hydrogen) atoms. The summed E-state index contributed by atoms with van der Waals surface area (Å²) in [5, 5.41) is 0. The number of rotatable bonds is 4. The van der Waals surface area contributed by atoms with E-state index in [0.717, 1.165) is 15.7 Å². The molecule has 1 amide bonds. The molecule has 128 valence electrons. The highest BCUT2D eigenvalue weighted by Gasteiger charge is 2.33. The summed E-state index contributed by atoms with van der Waals surface area (Å²) < 4.78 is 12.2. The quantitative estimate of drug-likeness (QED) is 0.505. The Labute approximate surface area is 163 Å². The third kappa shape index (κ3) is 3.58. The molecular formula is C18H14BrNO3S2. The largest absolute Gasteiger partial charge is 0.493 e. The molecule has 7 heteroatoms. The molecule has 0 aromatic heterocycles. The Bertz CT molecular complexity index is 865. The van der Waals surface area contributed by atoms with Gasteiger partial charge in [0.15, 0.2) is 15.8 Å². The molecule has 4 nitrogen and oxygen atoms in total. The zero-order valence-electron chi connectivity index (χ0n) is 13.5. The highest BCUT2D eigenvalue weighted by atomic mass is 79.9. The predicted molar refractivity (Wildman–Crippen MR) is 109 cm³/mol. The molecule has 0 N–H and O–H groups in total. The van der Waals surface area contributed by atoms with Gasteiger partial charge in [-0.15, -0.1) is 0 Å². The summed E-state index contributed by atoms with van der Waals surface area (Å²) in [6, 6.07) is 13.0. The summed E-state index contributed by atoms with van der Waals surface area (Å²) >= 11 is 10.1. The lowest BCUT2D eigenvalue weighted by atomic mass is 10.1. The van der Waals surface area contributed by atoms with Crippen molar-refractivity contribution in [2.24, 2.45) is 0 Å². The summed E-state index contributed by atoms with van der Waals surface area (Å²) in [4.78, 5) is 14.9. The monoisotopic (exact) mass is 435 g/mol. The SMILES string of the molecule is COc1cccc(/C=C2\SC(=S)N(c3ccc(Br)cc3)C2=O)c1OC. The summed E-state index contributed by atoms with van der Waals surface area (Å²) in [7, 11) is 3.15. The minimum absolute atomic E-state index is 0.151. The Kier molecular flexibility index (Phi) is 5.46. The van der Waals surface area contributed by atoms with Gasteiger partial charge < -0.3 is 9.47 Å². The van der Waals surface area contributed by atoms with Crippen LogP contribution in [-0.4, -0.2) is 24.4 Å². The van der Waals surface area contributed by atoms with E-state index in [4.69, 9.17) is 21.7 Å². The van der Waals surface area contributed by atoms with Gasteiger partial charge in [0.1, 0.15) is 0 Å². The molecule has 2 aromatic carbocycles. The first-order chi connectivity index (χ1) is 12.0. The maximum absolute atomic E-state index is 12.8. The molecular weight excluding hydrogens is 422 g/mol. The highest BCUT2D eigenvalue weighted by Crippen LogP contribution is 2.39. The minimum atomic E-state index is -0.151. The van der Waals surface area contributed by atoms with E-state index in [1.807, 2.05) is 42.5 Å². The van der Waals surface area contributed by atoms with Crippen LogP contribution in [0.2, 0.25) is 0 Å². The smallest absolute Gasteiger partial charge is 0.270 e. The molecule has 1 saturated heterocycles. The van der Waals surface area contributed by atoms with Crippen molar-refractivity contribution < 1.29 is 14.3 Å². The van der Waals surface area contributed by atoms with Crippen molar-refractivity contribution in [2.75, 3.05) is 19.1 Å². The van der Waals surface area contributed by atoms with Crippen molar-refractivity contribution in [3.05, 3.63) is 57.4 Å². The van der Waals surface area contributed by atoms with Gasteiger partial charge in [-0.2, -0.15) is 0 Å². The summed E-state index contributed by atoms with van der Waals surface area (Å²) in [6.45, 7) is 0. The predicted octanol–water partition coefficient (Wildman–Crippen LogP) is 4.87. The maximum atomic E-state index is 12.8. The van der Waals surface area contributed by atoms with E-state index in [9.17, 15) is 4.79 Å². The number of para-hydroxylation sites is 1. The molecule has 0 saturated carbocycles. The van der Waals surface area contributed by atoms with Crippen LogP contribution in [0.15, 0.2) is 51.8 Å². The third-order valence-corrected chi connectivity index (χ3v) is 5.43. The van der Waals surface area contributed by atoms with Gasteiger partial charge in [-0.25, -0.2) is 0 Å². The molecule has 1 fully saturated rings. The van der Waals surface area contributed by atoms with E-state index in [-0.39, 0.29) is 5.91 Å². The normalized spacial score (nSPS) is 15.8. The molecule has 1 aliphatic heterocycles. The number of ether oxygens (including phenoxy) is 2. The van der Waals surface area contributed by atoms with Crippen LogP contribution in [0.3, 0.4) is 0 Å². The summed E-state index contributed by atoms with van der Waals surface area (Å²) in [6.07, 6.45) is 1.78. The zero-order valence-corrected chi connectivity index (χ0v) is 16.7. The second kappa shape index (κ2) is 7.59. The van der Waals surface area contributed by atoms with Crippen LogP contribution in [0.5, 0.6) is 11.5 Å². The standard InChI is InChI=1S/C18H14BrNO3S2/c1-22-14-5-3-4-11(16(14)23-2)10-15-17(21)20(18(24)25-15)13-8-6-12(19)7-9-13/h3-10H,1-2H3/b15-10-. The fourth-order valence-electron chi connectivity index (χ4n) is 2.45. The van der Waals surface area contributed by atoms with Gasteiger partial charge in [-0.3, -0.25) is 9.69 Å².